The lowest BCUT2D eigenvalue weighted by molar-refractivity contribution is -0.113. The molecule has 1 aliphatic rings. The summed E-state index contributed by atoms with van der Waals surface area (Å²) in [6.07, 6.45) is 2.26. The fourth-order valence-corrected chi connectivity index (χ4v) is 3.76. The highest BCUT2D eigenvalue weighted by atomic mass is 127. The molecule has 0 atom stereocenters. The number of hydrogen-bond donors (Lipinski definition) is 3. The van der Waals surface area contributed by atoms with Crippen molar-refractivity contribution < 1.29 is 19.1 Å². The third-order valence-corrected chi connectivity index (χ3v) is 5.83. The second-order valence-corrected chi connectivity index (χ2v) is 8.79. The van der Waals surface area contributed by atoms with Crippen LogP contribution in [0.5, 0.6) is 0 Å². The summed E-state index contributed by atoms with van der Waals surface area (Å²) in [5.41, 5.74) is 3.76. The molecule has 0 unspecified atom stereocenters. The Kier molecular flexibility index (Phi) is 6.39. The molecule has 1 aliphatic carbocycles. The predicted molar refractivity (Wildman–Crippen MR) is 113 cm³/mol. The van der Waals surface area contributed by atoms with Gasteiger partial charge in [-0.25, -0.2) is 9.87 Å². The van der Waals surface area contributed by atoms with E-state index < -0.39 is 17.3 Å². The summed E-state index contributed by atoms with van der Waals surface area (Å²) in [6.45, 7) is 1.96. The van der Waals surface area contributed by atoms with E-state index in [1.807, 2.05) is 25.1 Å². The smallest absolute Gasteiger partial charge is 0.276 e. The lowest BCUT2D eigenvalue weighted by atomic mass is 9.81. The number of halogens is 3. The molecule has 1 fully saturated rings. The molecule has 27 heavy (non-hydrogen) atoms. The van der Waals surface area contributed by atoms with E-state index in [2.05, 4.69) is 49.3 Å². The van der Waals surface area contributed by atoms with Crippen molar-refractivity contribution in [3.8, 4) is 0 Å². The molecule has 0 spiro atoms. The molecule has 0 radical (unpaired) electrons. The topological polar surface area (TPSA) is 70.6 Å². The van der Waals surface area contributed by atoms with Gasteiger partial charge >= 0.3 is 0 Å². The van der Waals surface area contributed by atoms with E-state index in [-0.39, 0.29) is 16.6 Å². The average Bonchev–Trinajstić information content (AvgIpc) is 2.58. The Morgan fingerprint density at radius 1 is 1.33 bits per heavy atom. The summed E-state index contributed by atoms with van der Waals surface area (Å²) in [5, 5.41) is 13.1. The second kappa shape index (κ2) is 8.42. The second-order valence-electron chi connectivity index (χ2n) is 6.69. The number of benzene rings is 2. The van der Waals surface area contributed by atoms with Crippen molar-refractivity contribution in [2.45, 2.75) is 31.8 Å². The third-order valence-electron chi connectivity index (χ3n) is 4.55. The molecule has 0 heterocycles. The molecule has 0 bridgehead atoms. The highest BCUT2D eigenvalue weighted by Gasteiger charge is 2.35. The van der Waals surface area contributed by atoms with Gasteiger partial charge in [-0.15, -0.1) is 0 Å². The van der Waals surface area contributed by atoms with E-state index in [0.29, 0.717) is 18.5 Å². The molecule has 0 aliphatic heterocycles. The Balaban J connectivity index is 1.78. The third kappa shape index (κ3) is 4.98. The first-order chi connectivity index (χ1) is 12.8. The Labute approximate surface area is 178 Å². The van der Waals surface area contributed by atoms with Crippen molar-refractivity contribution >= 4 is 55.8 Å². The van der Waals surface area contributed by atoms with Crippen LogP contribution in [0.1, 0.15) is 35.2 Å². The summed E-state index contributed by atoms with van der Waals surface area (Å²) in [4.78, 5) is 17.7. The number of aryl methyl sites for hydroxylation is 1. The maximum Gasteiger partial charge on any atom is 0.276 e. The number of hydroxylamine groups is 1. The largest absolute Gasteiger partial charge is 0.387 e. The number of nitrogens with one attached hydrogen (secondary N) is 2. The van der Waals surface area contributed by atoms with Crippen LogP contribution in [0.25, 0.3) is 0 Å². The number of rotatable bonds is 6. The van der Waals surface area contributed by atoms with Crippen LogP contribution < -0.4 is 10.8 Å². The fraction of sp³-hybridized carbons (Fsp3) is 0.316. The molecule has 2 aromatic rings. The van der Waals surface area contributed by atoms with Gasteiger partial charge in [-0.2, -0.15) is 0 Å². The molecule has 3 N–H and O–H groups in total. The maximum absolute atomic E-state index is 14.1. The molecule has 0 saturated heterocycles. The van der Waals surface area contributed by atoms with Crippen molar-refractivity contribution in [3.05, 3.63) is 55.3 Å². The van der Waals surface area contributed by atoms with Gasteiger partial charge in [0.15, 0.2) is 0 Å². The molecule has 1 amide bonds. The summed E-state index contributed by atoms with van der Waals surface area (Å²) in [5.74, 6) is -1.01. The van der Waals surface area contributed by atoms with Crippen LogP contribution >= 0.6 is 38.5 Å². The van der Waals surface area contributed by atoms with E-state index in [1.165, 1.54) is 12.1 Å². The van der Waals surface area contributed by atoms with Gasteiger partial charge in [-0.1, -0.05) is 0 Å². The zero-order chi connectivity index (χ0) is 19.6. The lowest BCUT2D eigenvalue weighted by Gasteiger charge is -2.35. The Morgan fingerprint density at radius 3 is 2.70 bits per heavy atom. The van der Waals surface area contributed by atoms with Crippen molar-refractivity contribution in [2.75, 3.05) is 11.9 Å². The van der Waals surface area contributed by atoms with Crippen LogP contribution in [-0.4, -0.2) is 23.2 Å². The fourth-order valence-electron chi connectivity index (χ4n) is 2.77. The zero-order valence-corrected chi connectivity index (χ0v) is 18.4. The molecule has 3 rings (SSSR count). The first-order valence-electron chi connectivity index (χ1n) is 8.44. The van der Waals surface area contributed by atoms with Crippen LogP contribution in [0.4, 0.5) is 15.8 Å². The minimum absolute atomic E-state index is 0.0279. The minimum Gasteiger partial charge on any atom is -0.387 e. The van der Waals surface area contributed by atoms with Crippen LogP contribution in [-0.2, 0) is 4.84 Å². The summed E-state index contributed by atoms with van der Waals surface area (Å²) >= 11 is 5.33. The van der Waals surface area contributed by atoms with Crippen molar-refractivity contribution in [3.63, 3.8) is 0 Å². The van der Waals surface area contributed by atoms with Crippen LogP contribution in [0.2, 0.25) is 0 Å². The highest BCUT2D eigenvalue weighted by molar-refractivity contribution is 14.1. The number of hydrogen-bond acceptors (Lipinski definition) is 4. The maximum atomic E-state index is 14.1. The molecule has 2 aromatic carbocycles. The van der Waals surface area contributed by atoms with Crippen molar-refractivity contribution in [2.24, 2.45) is 0 Å². The van der Waals surface area contributed by atoms with Crippen molar-refractivity contribution in [1.29, 1.82) is 0 Å². The normalized spacial score (nSPS) is 15.1. The van der Waals surface area contributed by atoms with Gasteiger partial charge in [0, 0.05) is 9.26 Å². The Morgan fingerprint density at radius 2 is 2.07 bits per heavy atom. The summed E-state index contributed by atoms with van der Waals surface area (Å²) < 4.78 is 15.3. The molecular formula is C19H19BrFIN2O3. The predicted octanol–water partition coefficient (Wildman–Crippen LogP) is 4.82. The Bertz CT molecular complexity index is 874. The van der Waals surface area contributed by atoms with E-state index in [1.54, 1.807) is 0 Å². The number of anilines is 2. The quantitative estimate of drug-likeness (QED) is 0.357. The zero-order valence-electron chi connectivity index (χ0n) is 14.6. The standard InChI is InChI=1S/C19H19BrFIN2O3/c1-11-7-12(22)3-4-16(11)23-17-9-15(21)14(20)8-13(17)18(25)24-27-10-19(26)5-2-6-19/h3-4,7-9,23,26H,2,5-6,10H2,1H3,(H,24,25). The van der Waals surface area contributed by atoms with E-state index >= 15 is 0 Å². The van der Waals surface area contributed by atoms with Gasteiger partial charge in [-0.05, 0) is 101 Å². The van der Waals surface area contributed by atoms with Gasteiger partial charge < -0.3 is 10.4 Å². The van der Waals surface area contributed by atoms with Gasteiger partial charge in [0.2, 0.25) is 0 Å². The molecular weight excluding hydrogens is 530 g/mol. The average molecular weight is 549 g/mol. The number of carbonyl (C=O) groups excluding carboxylic acids is 1. The van der Waals surface area contributed by atoms with Gasteiger partial charge in [-0.3, -0.25) is 9.63 Å². The van der Waals surface area contributed by atoms with Gasteiger partial charge in [0.1, 0.15) is 12.4 Å². The van der Waals surface area contributed by atoms with Crippen LogP contribution in [0.3, 0.4) is 0 Å². The van der Waals surface area contributed by atoms with E-state index in [4.69, 9.17) is 4.84 Å². The molecule has 1 saturated carbocycles. The lowest BCUT2D eigenvalue weighted by Crippen LogP contribution is -2.44. The summed E-state index contributed by atoms with van der Waals surface area (Å²) in [7, 11) is 0. The number of carbonyl (C=O) groups is 1. The van der Waals surface area contributed by atoms with E-state index in [9.17, 15) is 14.3 Å². The SMILES string of the molecule is Cc1cc(I)ccc1Nc1cc(F)c(Br)cc1C(=O)NOCC1(O)CCC1. The monoisotopic (exact) mass is 548 g/mol. The molecule has 5 nitrogen and oxygen atoms in total. The van der Waals surface area contributed by atoms with Gasteiger partial charge in [0.05, 0.1) is 21.3 Å². The summed E-state index contributed by atoms with van der Waals surface area (Å²) in [6, 6.07) is 8.45. The number of amides is 1. The first-order valence-corrected chi connectivity index (χ1v) is 10.3. The Hall–Kier alpha value is -1.23. The molecule has 8 heteroatoms. The number of aliphatic hydroxyl groups is 1. The van der Waals surface area contributed by atoms with Crippen LogP contribution in [0.15, 0.2) is 34.8 Å². The first kappa shape index (κ1) is 20.5. The molecule has 144 valence electrons. The van der Waals surface area contributed by atoms with E-state index in [0.717, 1.165) is 21.2 Å². The van der Waals surface area contributed by atoms with Crippen LogP contribution in [0, 0.1) is 16.3 Å². The minimum atomic E-state index is -0.865. The highest BCUT2D eigenvalue weighted by Crippen LogP contribution is 2.32. The molecule has 0 aromatic heterocycles. The van der Waals surface area contributed by atoms with Gasteiger partial charge in [0.25, 0.3) is 5.91 Å². The van der Waals surface area contributed by atoms with Crippen molar-refractivity contribution in [1.82, 2.24) is 5.48 Å².